The van der Waals surface area contributed by atoms with Gasteiger partial charge >= 0.3 is 0 Å². The zero-order valence-corrected chi connectivity index (χ0v) is 16.1. The highest BCUT2D eigenvalue weighted by molar-refractivity contribution is 7.90. The van der Waals surface area contributed by atoms with E-state index in [2.05, 4.69) is 22.1 Å². The summed E-state index contributed by atoms with van der Waals surface area (Å²) in [7, 11) is -1.45. The van der Waals surface area contributed by atoms with Gasteiger partial charge in [-0.1, -0.05) is 31.9 Å². The molecule has 0 saturated carbocycles. The first-order valence-corrected chi connectivity index (χ1v) is 10.5. The van der Waals surface area contributed by atoms with Gasteiger partial charge in [0.25, 0.3) is 0 Å². The first kappa shape index (κ1) is 18.3. The zero-order valence-electron chi connectivity index (χ0n) is 15.3. The Labute approximate surface area is 153 Å². The lowest BCUT2D eigenvalue weighted by Crippen LogP contribution is -2.01. The van der Waals surface area contributed by atoms with Crippen molar-refractivity contribution >= 4 is 9.84 Å². The molecule has 0 N–H and O–H groups in total. The highest BCUT2D eigenvalue weighted by Gasteiger charge is 2.16. The van der Waals surface area contributed by atoms with Gasteiger partial charge in [0.2, 0.25) is 0 Å². The van der Waals surface area contributed by atoms with E-state index in [4.69, 9.17) is 0 Å². The van der Waals surface area contributed by atoms with E-state index in [1.807, 2.05) is 19.3 Å². The Morgan fingerprint density at radius 1 is 1.19 bits per heavy atom. The zero-order chi connectivity index (χ0) is 18.7. The van der Waals surface area contributed by atoms with Crippen LogP contribution < -0.4 is 0 Å². The number of rotatable bonds is 7. The molecule has 3 aromatic rings. The van der Waals surface area contributed by atoms with Gasteiger partial charge in [-0.2, -0.15) is 10.2 Å². The second-order valence-electron chi connectivity index (χ2n) is 6.39. The molecule has 0 spiro atoms. The molecule has 0 aliphatic heterocycles. The van der Waals surface area contributed by atoms with Crippen LogP contribution >= 0.6 is 0 Å². The van der Waals surface area contributed by atoms with E-state index in [0.29, 0.717) is 11.4 Å². The van der Waals surface area contributed by atoms with Crippen molar-refractivity contribution in [1.29, 1.82) is 0 Å². The van der Waals surface area contributed by atoms with Gasteiger partial charge < -0.3 is 0 Å². The number of nitrogens with zero attached hydrogens (tertiary/aromatic N) is 5. The minimum Gasteiger partial charge on any atom is -0.274 e. The average Bonchev–Trinajstić information content (AvgIpc) is 3.21. The van der Waals surface area contributed by atoms with Gasteiger partial charge in [0.1, 0.15) is 5.69 Å². The lowest BCUT2D eigenvalue weighted by atomic mass is 10.2. The monoisotopic (exact) mass is 373 g/mol. The standard InChI is InChI=1S/C18H23N5O2S/c1-4-5-6-10-17-20-18(23(21-17)15-12-19-22(2)13-15)14-8-7-9-16(11-14)26(3,24)25/h7-9,11-13H,4-6,10H2,1-3H3. The summed E-state index contributed by atoms with van der Waals surface area (Å²) >= 11 is 0. The Morgan fingerprint density at radius 2 is 2.00 bits per heavy atom. The lowest BCUT2D eigenvalue weighted by Gasteiger charge is -2.05. The lowest BCUT2D eigenvalue weighted by molar-refractivity contribution is 0.602. The van der Waals surface area contributed by atoms with Crippen molar-refractivity contribution in [1.82, 2.24) is 24.5 Å². The summed E-state index contributed by atoms with van der Waals surface area (Å²) in [5, 5.41) is 8.84. The first-order chi connectivity index (χ1) is 12.4. The van der Waals surface area contributed by atoms with Gasteiger partial charge in [0.15, 0.2) is 21.5 Å². The van der Waals surface area contributed by atoms with Gasteiger partial charge in [-0.3, -0.25) is 4.68 Å². The number of sulfone groups is 1. The Hall–Kier alpha value is -2.48. The number of hydrogen-bond acceptors (Lipinski definition) is 5. The Balaban J connectivity index is 2.07. The van der Waals surface area contributed by atoms with E-state index in [0.717, 1.165) is 37.2 Å². The minimum atomic E-state index is -3.29. The normalized spacial score (nSPS) is 11.8. The molecule has 0 unspecified atom stereocenters. The Morgan fingerprint density at radius 3 is 2.65 bits per heavy atom. The molecule has 3 rings (SSSR count). The third kappa shape index (κ3) is 4.01. The number of aromatic nitrogens is 5. The number of aryl methyl sites for hydroxylation is 2. The van der Waals surface area contributed by atoms with Gasteiger partial charge in [-0.25, -0.2) is 18.1 Å². The maximum atomic E-state index is 11.9. The molecule has 0 bridgehead atoms. The fourth-order valence-corrected chi connectivity index (χ4v) is 3.41. The highest BCUT2D eigenvalue weighted by Crippen LogP contribution is 2.24. The summed E-state index contributed by atoms with van der Waals surface area (Å²) in [6.45, 7) is 2.16. The second-order valence-corrected chi connectivity index (χ2v) is 8.41. The van der Waals surface area contributed by atoms with Crippen LogP contribution in [0.4, 0.5) is 0 Å². The van der Waals surface area contributed by atoms with Crippen molar-refractivity contribution in [2.24, 2.45) is 7.05 Å². The van der Waals surface area contributed by atoms with E-state index in [9.17, 15) is 8.42 Å². The van der Waals surface area contributed by atoms with Crippen molar-refractivity contribution in [2.45, 2.75) is 37.5 Å². The van der Waals surface area contributed by atoms with E-state index in [1.54, 1.807) is 33.8 Å². The van der Waals surface area contributed by atoms with Crippen LogP contribution in [0.25, 0.3) is 17.1 Å². The van der Waals surface area contributed by atoms with Crippen LogP contribution in [0.2, 0.25) is 0 Å². The topological polar surface area (TPSA) is 82.7 Å². The predicted molar refractivity (Wildman–Crippen MR) is 99.9 cm³/mol. The van der Waals surface area contributed by atoms with Gasteiger partial charge in [-0.05, 0) is 18.6 Å². The molecule has 138 valence electrons. The molecule has 2 heterocycles. The smallest absolute Gasteiger partial charge is 0.175 e. The van der Waals surface area contributed by atoms with Crippen molar-refractivity contribution in [3.63, 3.8) is 0 Å². The maximum absolute atomic E-state index is 11.9. The van der Waals surface area contributed by atoms with Crippen LogP contribution in [0.15, 0.2) is 41.6 Å². The van der Waals surface area contributed by atoms with E-state index in [-0.39, 0.29) is 4.90 Å². The fraction of sp³-hybridized carbons (Fsp3) is 0.389. The summed E-state index contributed by atoms with van der Waals surface area (Å²) in [6.07, 6.45) is 8.85. The Bertz CT molecular complexity index is 1000. The molecular weight excluding hydrogens is 350 g/mol. The van der Waals surface area contributed by atoms with Crippen molar-refractivity contribution in [3.8, 4) is 17.1 Å². The molecule has 2 aromatic heterocycles. The summed E-state index contributed by atoms with van der Waals surface area (Å²) in [5.74, 6) is 1.37. The number of hydrogen-bond donors (Lipinski definition) is 0. The van der Waals surface area contributed by atoms with Gasteiger partial charge in [0, 0.05) is 25.3 Å². The Kier molecular flexibility index (Phi) is 5.22. The van der Waals surface area contributed by atoms with Crippen molar-refractivity contribution in [2.75, 3.05) is 6.26 Å². The minimum absolute atomic E-state index is 0.267. The first-order valence-electron chi connectivity index (χ1n) is 8.64. The summed E-state index contributed by atoms with van der Waals surface area (Å²) < 4.78 is 27.2. The molecule has 1 aromatic carbocycles. The molecule has 26 heavy (non-hydrogen) atoms. The molecule has 0 fully saturated rings. The summed E-state index contributed by atoms with van der Waals surface area (Å²) in [5.41, 5.74) is 1.51. The van der Waals surface area contributed by atoms with Gasteiger partial charge in [0.05, 0.1) is 17.3 Å². The van der Waals surface area contributed by atoms with E-state index >= 15 is 0 Å². The number of unbranched alkanes of at least 4 members (excludes halogenated alkanes) is 2. The molecule has 0 aliphatic carbocycles. The van der Waals surface area contributed by atoms with E-state index < -0.39 is 9.84 Å². The summed E-state index contributed by atoms with van der Waals surface area (Å²) in [4.78, 5) is 4.95. The molecule has 7 nitrogen and oxygen atoms in total. The fourth-order valence-electron chi connectivity index (χ4n) is 2.74. The molecule has 0 radical (unpaired) electrons. The van der Waals surface area contributed by atoms with Crippen LogP contribution in [0.1, 0.15) is 32.0 Å². The van der Waals surface area contributed by atoms with Crippen LogP contribution in [0, 0.1) is 0 Å². The third-order valence-electron chi connectivity index (χ3n) is 4.11. The predicted octanol–water partition coefficient (Wildman–Crippen LogP) is 2.80. The maximum Gasteiger partial charge on any atom is 0.175 e. The number of benzene rings is 1. The SMILES string of the molecule is CCCCCc1nc(-c2cccc(S(C)(=O)=O)c2)n(-c2cnn(C)c2)n1. The molecular formula is C18H23N5O2S. The molecule has 0 atom stereocenters. The molecule has 0 saturated heterocycles. The third-order valence-corrected chi connectivity index (χ3v) is 5.22. The summed E-state index contributed by atoms with van der Waals surface area (Å²) in [6, 6.07) is 6.81. The van der Waals surface area contributed by atoms with Crippen molar-refractivity contribution < 1.29 is 8.42 Å². The quantitative estimate of drug-likeness (QED) is 0.595. The van der Waals surface area contributed by atoms with Gasteiger partial charge in [-0.15, -0.1) is 0 Å². The average molecular weight is 373 g/mol. The second kappa shape index (κ2) is 7.41. The van der Waals surface area contributed by atoms with Crippen LogP contribution in [0.3, 0.4) is 0 Å². The molecule has 0 aliphatic rings. The molecule has 0 amide bonds. The van der Waals surface area contributed by atoms with E-state index in [1.165, 1.54) is 6.26 Å². The van der Waals surface area contributed by atoms with Crippen LogP contribution in [0.5, 0.6) is 0 Å². The van der Waals surface area contributed by atoms with Crippen LogP contribution in [-0.4, -0.2) is 39.2 Å². The highest BCUT2D eigenvalue weighted by atomic mass is 32.2. The largest absolute Gasteiger partial charge is 0.274 e. The molecule has 8 heteroatoms. The van der Waals surface area contributed by atoms with Crippen LogP contribution in [-0.2, 0) is 23.3 Å². The van der Waals surface area contributed by atoms with Crippen molar-refractivity contribution in [3.05, 3.63) is 42.5 Å².